The van der Waals surface area contributed by atoms with Crippen molar-refractivity contribution in [2.45, 2.75) is 44.9 Å². The minimum atomic E-state index is -0.877. The van der Waals surface area contributed by atoms with Crippen molar-refractivity contribution in [3.63, 3.8) is 0 Å². The normalized spacial score (nSPS) is 18.2. The molecule has 0 aliphatic heterocycles. The zero-order valence-electron chi connectivity index (χ0n) is 19.0. The van der Waals surface area contributed by atoms with Gasteiger partial charge >= 0.3 is 0 Å². The first-order valence-corrected chi connectivity index (χ1v) is 11.7. The van der Waals surface area contributed by atoms with Crippen LogP contribution in [-0.4, -0.2) is 13.7 Å². The van der Waals surface area contributed by atoms with Gasteiger partial charge in [-0.25, -0.2) is 13.2 Å². The number of halogens is 3. The Morgan fingerprint density at radius 3 is 2.30 bits per heavy atom. The second-order valence-corrected chi connectivity index (χ2v) is 9.07. The van der Waals surface area contributed by atoms with Crippen molar-refractivity contribution in [3.8, 4) is 11.8 Å². The fourth-order valence-corrected chi connectivity index (χ4v) is 4.76. The van der Waals surface area contributed by atoms with Crippen molar-refractivity contribution >= 4 is 10.8 Å². The van der Waals surface area contributed by atoms with E-state index in [-0.39, 0.29) is 11.2 Å². The van der Waals surface area contributed by atoms with E-state index in [1.54, 1.807) is 31.4 Å². The molecule has 0 atom stereocenters. The van der Waals surface area contributed by atoms with Crippen LogP contribution in [0.25, 0.3) is 10.8 Å². The summed E-state index contributed by atoms with van der Waals surface area (Å²) in [5, 5.41) is 0.767. The van der Waals surface area contributed by atoms with Crippen LogP contribution in [0.5, 0.6) is 0 Å². The van der Waals surface area contributed by atoms with Gasteiger partial charge < -0.3 is 4.74 Å². The highest BCUT2D eigenvalue weighted by molar-refractivity contribution is 5.84. The van der Waals surface area contributed by atoms with Crippen molar-refractivity contribution in [1.29, 1.82) is 0 Å². The molecule has 0 spiro atoms. The van der Waals surface area contributed by atoms with E-state index < -0.39 is 11.6 Å². The fourth-order valence-electron chi connectivity index (χ4n) is 4.76. The van der Waals surface area contributed by atoms with Crippen molar-refractivity contribution in [2.75, 3.05) is 13.7 Å². The average Bonchev–Trinajstić information content (AvgIpc) is 2.84. The Bertz CT molecular complexity index is 1170. The van der Waals surface area contributed by atoms with Crippen LogP contribution >= 0.6 is 0 Å². The molecule has 1 saturated carbocycles. The highest BCUT2D eigenvalue weighted by atomic mass is 19.2. The Morgan fingerprint density at radius 2 is 1.58 bits per heavy atom. The summed E-state index contributed by atoms with van der Waals surface area (Å²) in [6.07, 6.45) is 8.18. The summed E-state index contributed by atoms with van der Waals surface area (Å²) in [6, 6.07) is 12.7. The van der Waals surface area contributed by atoms with E-state index in [0.29, 0.717) is 16.5 Å². The van der Waals surface area contributed by atoms with E-state index >= 15 is 0 Å². The first kappa shape index (κ1) is 23.4. The molecule has 1 aliphatic carbocycles. The maximum absolute atomic E-state index is 14.6. The molecule has 1 fully saturated rings. The van der Waals surface area contributed by atoms with Crippen molar-refractivity contribution in [3.05, 3.63) is 82.7 Å². The molecule has 4 heteroatoms. The summed E-state index contributed by atoms with van der Waals surface area (Å²) in [6.45, 7) is 0.850. The number of fused-ring (bicyclic) bond motifs is 1. The van der Waals surface area contributed by atoms with Gasteiger partial charge in [0.2, 0.25) is 0 Å². The van der Waals surface area contributed by atoms with Gasteiger partial charge in [0.1, 0.15) is 5.82 Å². The van der Waals surface area contributed by atoms with Gasteiger partial charge in [0.25, 0.3) is 0 Å². The Hall–Kier alpha value is -2.77. The van der Waals surface area contributed by atoms with Crippen LogP contribution in [0.1, 0.15) is 55.2 Å². The Morgan fingerprint density at radius 1 is 0.818 bits per heavy atom. The van der Waals surface area contributed by atoms with Gasteiger partial charge in [-0.15, -0.1) is 0 Å². The van der Waals surface area contributed by atoms with Crippen LogP contribution in [0.2, 0.25) is 0 Å². The molecule has 0 saturated heterocycles. The molecule has 0 N–H and O–H groups in total. The van der Waals surface area contributed by atoms with Crippen molar-refractivity contribution < 1.29 is 17.9 Å². The van der Waals surface area contributed by atoms with Gasteiger partial charge in [0, 0.05) is 24.7 Å². The molecule has 33 heavy (non-hydrogen) atoms. The van der Waals surface area contributed by atoms with Crippen LogP contribution < -0.4 is 0 Å². The third kappa shape index (κ3) is 5.97. The lowest BCUT2D eigenvalue weighted by atomic mass is 9.78. The third-order valence-electron chi connectivity index (χ3n) is 6.82. The van der Waals surface area contributed by atoms with Crippen molar-refractivity contribution in [2.24, 2.45) is 11.8 Å². The van der Waals surface area contributed by atoms with Crippen LogP contribution in [0.4, 0.5) is 13.2 Å². The van der Waals surface area contributed by atoms with Crippen molar-refractivity contribution in [1.82, 2.24) is 0 Å². The Balaban J connectivity index is 1.35. The predicted octanol–water partition coefficient (Wildman–Crippen LogP) is 7.43. The lowest BCUT2D eigenvalue weighted by Gasteiger charge is -2.28. The summed E-state index contributed by atoms with van der Waals surface area (Å²) in [7, 11) is 1.76. The van der Waals surface area contributed by atoms with Gasteiger partial charge in [0.05, 0.1) is 5.56 Å². The van der Waals surface area contributed by atoms with Crippen LogP contribution in [0.15, 0.2) is 48.5 Å². The van der Waals surface area contributed by atoms with E-state index in [4.69, 9.17) is 4.74 Å². The number of rotatable bonds is 6. The topological polar surface area (TPSA) is 9.23 Å². The number of methoxy groups -OCH3 is 1. The van der Waals surface area contributed by atoms with Crippen LogP contribution in [0, 0.1) is 41.1 Å². The first-order valence-electron chi connectivity index (χ1n) is 11.7. The van der Waals surface area contributed by atoms with E-state index in [1.165, 1.54) is 37.8 Å². The molecule has 0 unspecified atom stereocenters. The molecule has 3 aromatic rings. The van der Waals surface area contributed by atoms with Gasteiger partial charge in [-0.3, -0.25) is 0 Å². The Kier molecular flexibility index (Phi) is 7.73. The standard InChI is InChI=1S/C29H29F3O/c1-33-17-16-21-4-2-20(3-5-21)6-7-23-9-12-24(28(31)19-23)11-8-22-10-14-26-25(18-22)13-15-27(30)29(26)32/h9-10,12-15,18-21H,2-7,16-17H2,1H3. The number of benzene rings is 3. The molecule has 0 radical (unpaired) electrons. The summed E-state index contributed by atoms with van der Waals surface area (Å²) in [5.41, 5.74) is 1.96. The zero-order valence-corrected chi connectivity index (χ0v) is 19.0. The largest absolute Gasteiger partial charge is 0.385 e. The molecule has 3 aromatic carbocycles. The van der Waals surface area contributed by atoms with Gasteiger partial charge in [-0.2, -0.15) is 0 Å². The van der Waals surface area contributed by atoms with E-state index in [2.05, 4.69) is 11.8 Å². The molecule has 1 nitrogen and oxygen atoms in total. The summed E-state index contributed by atoms with van der Waals surface area (Å²) in [5.74, 6) is 5.25. The quantitative estimate of drug-likeness (QED) is 0.355. The molecular weight excluding hydrogens is 421 g/mol. The van der Waals surface area contributed by atoms with E-state index in [1.807, 2.05) is 6.07 Å². The summed E-state index contributed by atoms with van der Waals surface area (Å²) >= 11 is 0. The number of ether oxygens (including phenoxy) is 1. The van der Waals surface area contributed by atoms with Crippen LogP contribution in [0.3, 0.4) is 0 Å². The molecule has 172 valence electrons. The smallest absolute Gasteiger partial charge is 0.166 e. The molecule has 0 aromatic heterocycles. The van der Waals surface area contributed by atoms with Gasteiger partial charge in [-0.05, 0) is 72.4 Å². The minimum Gasteiger partial charge on any atom is -0.385 e. The highest BCUT2D eigenvalue weighted by Crippen LogP contribution is 2.33. The SMILES string of the molecule is COCCC1CCC(CCc2ccc(C#Cc3ccc4c(F)c(F)ccc4c3)c(F)c2)CC1. The van der Waals surface area contributed by atoms with Crippen LogP contribution in [-0.2, 0) is 11.2 Å². The number of hydrogen-bond donors (Lipinski definition) is 0. The molecule has 4 rings (SSSR count). The molecular formula is C29H29F3O. The van der Waals surface area contributed by atoms with Gasteiger partial charge in [0.15, 0.2) is 11.6 Å². The number of aryl methyl sites for hydroxylation is 1. The monoisotopic (exact) mass is 450 g/mol. The number of hydrogen-bond acceptors (Lipinski definition) is 1. The molecule has 0 amide bonds. The third-order valence-corrected chi connectivity index (χ3v) is 6.82. The second kappa shape index (κ2) is 10.9. The molecule has 0 heterocycles. The molecule has 1 aliphatic rings. The average molecular weight is 451 g/mol. The maximum Gasteiger partial charge on any atom is 0.166 e. The lowest BCUT2D eigenvalue weighted by molar-refractivity contribution is 0.155. The summed E-state index contributed by atoms with van der Waals surface area (Å²) in [4.78, 5) is 0. The zero-order chi connectivity index (χ0) is 23.2. The lowest BCUT2D eigenvalue weighted by Crippen LogP contribution is -2.16. The van der Waals surface area contributed by atoms with E-state index in [9.17, 15) is 13.2 Å². The minimum absolute atomic E-state index is 0.208. The second-order valence-electron chi connectivity index (χ2n) is 9.07. The fraction of sp³-hybridized carbons (Fsp3) is 0.379. The predicted molar refractivity (Wildman–Crippen MR) is 127 cm³/mol. The maximum atomic E-state index is 14.6. The Labute approximate surface area is 194 Å². The van der Waals surface area contributed by atoms with Gasteiger partial charge in [-0.1, -0.05) is 55.7 Å². The van der Waals surface area contributed by atoms with E-state index in [0.717, 1.165) is 49.3 Å². The molecule has 0 bridgehead atoms. The highest BCUT2D eigenvalue weighted by Gasteiger charge is 2.20. The first-order chi connectivity index (χ1) is 16.0. The summed E-state index contributed by atoms with van der Waals surface area (Å²) < 4.78 is 47.0.